The summed E-state index contributed by atoms with van der Waals surface area (Å²) in [6.07, 6.45) is 2.47. The molecule has 1 saturated carbocycles. The number of rotatable bonds is 6. The summed E-state index contributed by atoms with van der Waals surface area (Å²) < 4.78 is 0. The standard InChI is InChI=1S/C18H21NO2/c1-13(19(12-18(20)21)11-14-6-7-14)16-9-8-15-4-2-3-5-17(15)10-16/h2-5,8-10,13-14H,6-7,11-12H2,1H3,(H,20,21). The van der Waals surface area contributed by atoms with Crippen LogP contribution in [0.3, 0.4) is 0 Å². The molecular weight excluding hydrogens is 262 g/mol. The second kappa shape index (κ2) is 5.86. The number of aliphatic carboxylic acids is 1. The van der Waals surface area contributed by atoms with Crippen molar-refractivity contribution in [1.29, 1.82) is 0 Å². The van der Waals surface area contributed by atoms with Crippen molar-refractivity contribution < 1.29 is 9.90 Å². The molecule has 0 amide bonds. The van der Waals surface area contributed by atoms with Crippen molar-refractivity contribution in [3.05, 3.63) is 48.0 Å². The van der Waals surface area contributed by atoms with E-state index in [1.165, 1.54) is 29.2 Å². The fraction of sp³-hybridized carbons (Fsp3) is 0.389. The summed E-state index contributed by atoms with van der Waals surface area (Å²) in [6.45, 7) is 3.11. The van der Waals surface area contributed by atoms with Crippen LogP contribution in [0.25, 0.3) is 10.8 Å². The van der Waals surface area contributed by atoms with Crippen molar-refractivity contribution in [2.75, 3.05) is 13.1 Å². The average molecular weight is 283 g/mol. The van der Waals surface area contributed by atoms with Gasteiger partial charge >= 0.3 is 5.97 Å². The molecule has 0 radical (unpaired) electrons. The Morgan fingerprint density at radius 2 is 1.95 bits per heavy atom. The summed E-state index contributed by atoms with van der Waals surface area (Å²) in [5, 5.41) is 11.6. The zero-order chi connectivity index (χ0) is 14.8. The number of benzene rings is 2. The van der Waals surface area contributed by atoms with Gasteiger partial charge in [-0.15, -0.1) is 0 Å². The van der Waals surface area contributed by atoms with E-state index >= 15 is 0 Å². The van der Waals surface area contributed by atoms with E-state index in [0.29, 0.717) is 5.92 Å². The lowest BCUT2D eigenvalue weighted by molar-refractivity contribution is -0.139. The molecule has 1 fully saturated rings. The highest BCUT2D eigenvalue weighted by Gasteiger charge is 2.28. The highest BCUT2D eigenvalue weighted by atomic mass is 16.4. The van der Waals surface area contributed by atoms with Gasteiger partial charge in [0.15, 0.2) is 0 Å². The summed E-state index contributed by atoms with van der Waals surface area (Å²) in [6, 6.07) is 14.8. The van der Waals surface area contributed by atoms with Crippen molar-refractivity contribution >= 4 is 16.7 Å². The minimum absolute atomic E-state index is 0.116. The second-order valence-corrected chi connectivity index (χ2v) is 6.05. The first-order chi connectivity index (χ1) is 10.1. The molecule has 1 atom stereocenters. The number of fused-ring (bicyclic) bond motifs is 1. The van der Waals surface area contributed by atoms with Gasteiger partial charge in [-0.2, -0.15) is 0 Å². The molecular formula is C18H21NO2. The Labute approximate surface area is 125 Å². The third kappa shape index (κ3) is 3.42. The summed E-state index contributed by atoms with van der Waals surface area (Å²) in [5.41, 5.74) is 1.19. The molecule has 0 aromatic heterocycles. The fourth-order valence-electron chi connectivity index (χ4n) is 2.84. The van der Waals surface area contributed by atoms with E-state index in [0.717, 1.165) is 6.54 Å². The zero-order valence-electron chi connectivity index (χ0n) is 12.3. The van der Waals surface area contributed by atoms with Crippen molar-refractivity contribution in [3.63, 3.8) is 0 Å². The highest BCUT2D eigenvalue weighted by Crippen LogP contribution is 2.33. The number of nitrogens with zero attached hydrogens (tertiary/aromatic N) is 1. The zero-order valence-corrected chi connectivity index (χ0v) is 12.3. The molecule has 2 aromatic carbocycles. The SMILES string of the molecule is CC(c1ccc2ccccc2c1)N(CC(=O)O)CC1CC1. The maximum atomic E-state index is 11.1. The Kier molecular flexibility index (Phi) is 3.93. The van der Waals surface area contributed by atoms with Crippen LogP contribution in [0.5, 0.6) is 0 Å². The van der Waals surface area contributed by atoms with Gasteiger partial charge in [-0.1, -0.05) is 36.4 Å². The highest BCUT2D eigenvalue weighted by molar-refractivity contribution is 5.83. The molecule has 0 heterocycles. The number of carboxylic acids is 1. The number of carboxylic acid groups (broad SMARTS) is 1. The van der Waals surface area contributed by atoms with E-state index in [-0.39, 0.29) is 12.6 Å². The minimum Gasteiger partial charge on any atom is -0.480 e. The lowest BCUT2D eigenvalue weighted by Gasteiger charge is -2.28. The van der Waals surface area contributed by atoms with E-state index in [2.05, 4.69) is 42.2 Å². The van der Waals surface area contributed by atoms with Crippen LogP contribution in [0, 0.1) is 5.92 Å². The van der Waals surface area contributed by atoms with Crippen LogP contribution >= 0.6 is 0 Å². The quantitative estimate of drug-likeness (QED) is 0.879. The lowest BCUT2D eigenvalue weighted by Crippen LogP contribution is -2.34. The third-order valence-electron chi connectivity index (χ3n) is 4.33. The van der Waals surface area contributed by atoms with Gasteiger partial charge in [0.1, 0.15) is 0 Å². The van der Waals surface area contributed by atoms with Crippen molar-refractivity contribution in [2.45, 2.75) is 25.8 Å². The lowest BCUT2D eigenvalue weighted by atomic mass is 10.0. The van der Waals surface area contributed by atoms with E-state index in [1.807, 2.05) is 12.1 Å². The van der Waals surface area contributed by atoms with E-state index in [1.54, 1.807) is 0 Å². The molecule has 1 aliphatic carbocycles. The Morgan fingerprint density at radius 3 is 2.62 bits per heavy atom. The van der Waals surface area contributed by atoms with E-state index in [9.17, 15) is 4.79 Å². The maximum Gasteiger partial charge on any atom is 0.317 e. The predicted octanol–water partition coefficient (Wildman–Crippen LogP) is 3.70. The summed E-state index contributed by atoms with van der Waals surface area (Å²) in [4.78, 5) is 13.2. The Morgan fingerprint density at radius 1 is 1.24 bits per heavy atom. The molecule has 2 aromatic rings. The average Bonchev–Trinajstić information content (AvgIpc) is 3.29. The van der Waals surface area contributed by atoms with Crippen LogP contribution in [-0.2, 0) is 4.79 Å². The Hall–Kier alpha value is -1.87. The van der Waals surface area contributed by atoms with Crippen molar-refractivity contribution in [3.8, 4) is 0 Å². The van der Waals surface area contributed by atoms with Gasteiger partial charge in [0, 0.05) is 12.6 Å². The summed E-state index contributed by atoms with van der Waals surface area (Å²) >= 11 is 0. The van der Waals surface area contributed by atoms with Gasteiger partial charge in [-0.05, 0) is 48.1 Å². The molecule has 110 valence electrons. The van der Waals surface area contributed by atoms with Crippen LogP contribution in [0.4, 0.5) is 0 Å². The van der Waals surface area contributed by atoms with Gasteiger partial charge in [0.25, 0.3) is 0 Å². The minimum atomic E-state index is -0.747. The van der Waals surface area contributed by atoms with Gasteiger partial charge in [-0.25, -0.2) is 0 Å². The Balaban J connectivity index is 1.84. The van der Waals surface area contributed by atoms with Crippen molar-refractivity contribution in [1.82, 2.24) is 4.90 Å². The molecule has 1 aliphatic rings. The molecule has 0 aliphatic heterocycles. The first-order valence-corrected chi connectivity index (χ1v) is 7.58. The largest absolute Gasteiger partial charge is 0.480 e. The monoisotopic (exact) mass is 283 g/mol. The predicted molar refractivity (Wildman–Crippen MR) is 84.3 cm³/mol. The smallest absolute Gasteiger partial charge is 0.317 e. The van der Waals surface area contributed by atoms with Gasteiger partial charge < -0.3 is 5.11 Å². The molecule has 3 rings (SSSR count). The number of carbonyl (C=O) groups is 1. The van der Waals surface area contributed by atoms with Crippen molar-refractivity contribution in [2.24, 2.45) is 5.92 Å². The van der Waals surface area contributed by atoms with Gasteiger partial charge in [0.2, 0.25) is 0 Å². The molecule has 0 bridgehead atoms. The molecule has 21 heavy (non-hydrogen) atoms. The molecule has 3 heteroatoms. The van der Waals surface area contributed by atoms with Crippen LogP contribution in [0.2, 0.25) is 0 Å². The Bertz CT molecular complexity index is 648. The molecule has 0 saturated heterocycles. The van der Waals surface area contributed by atoms with Gasteiger partial charge in [0.05, 0.1) is 6.54 Å². The molecule has 0 spiro atoms. The second-order valence-electron chi connectivity index (χ2n) is 6.05. The van der Waals surface area contributed by atoms with E-state index in [4.69, 9.17) is 5.11 Å². The fourth-order valence-corrected chi connectivity index (χ4v) is 2.84. The molecule has 3 nitrogen and oxygen atoms in total. The van der Waals surface area contributed by atoms with Crippen LogP contribution in [-0.4, -0.2) is 29.1 Å². The van der Waals surface area contributed by atoms with Gasteiger partial charge in [-0.3, -0.25) is 9.69 Å². The van der Waals surface area contributed by atoms with Crippen LogP contribution in [0.15, 0.2) is 42.5 Å². The summed E-state index contributed by atoms with van der Waals surface area (Å²) in [5.74, 6) is -0.0597. The number of hydrogen-bond acceptors (Lipinski definition) is 2. The summed E-state index contributed by atoms with van der Waals surface area (Å²) in [7, 11) is 0. The topological polar surface area (TPSA) is 40.5 Å². The molecule has 1 unspecified atom stereocenters. The number of hydrogen-bond donors (Lipinski definition) is 1. The third-order valence-corrected chi connectivity index (χ3v) is 4.33. The van der Waals surface area contributed by atoms with Crippen LogP contribution in [0.1, 0.15) is 31.4 Å². The molecule has 1 N–H and O–H groups in total. The first kappa shape index (κ1) is 14.1. The first-order valence-electron chi connectivity index (χ1n) is 7.58. The normalized spacial score (nSPS) is 16.3. The maximum absolute atomic E-state index is 11.1. The van der Waals surface area contributed by atoms with E-state index < -0.39 is 5.97 Å². The van der Waals surface area contributed by atoms with Crippen LogP contribution < -0.4 is 0 Å².